The van der Waals surface area contributed by atoms with Crippen molar-refractivity contribution in [2.24, 2.45) is 0 Å². The predicted molar refractivity (Wildman–Crippen MR) is 75.3 cm³/mol. The number of hydrogen-bond donors (Lipinski definition) is 1. The lowest BCUT2D eigenvalue weighted by Gasteiger charge is -2.23. The van der Waals surface area contributed by atoms with Crippen molar-refractivity contribution in [2.45, 2.75) is 26.7 Å². The molecule has 0 rings (SSSR count). The molecule has 0 aliphatic heterocycles. The van der Waals surface area contributed by atoms with Gasteiger partial charge in [0.15, 0.2) is 0 Å². The van der Waals surface area contributed by atoms with Crippen molar-refractivity contribution >= 4 is 5.97 Å². The van der Waals surface area contributed by atoms with Crippen molar-refractivity contribution in [2.75, 3.05) is 34.3 Å². The van der Waals surface area contributed by atoms with Crippen LogP contribution in [0.2, 0.25) is 0 Å². The van der Waals surface area contributed by atoms with Crippen LogP contribution >= 0.6 is 0 Å². The lowest BCUT2D eigenvalue weighted by Crippen LogP contribution is -3.00. The van der Waals surface area contributed by atoms with E-state index >= 15 is 0 Å². The molecule has 1 N–H and O–H groups in total. The molecule has 0 aromatic carbocycles. The highest BCUT2D eigenvalue weighted by molar-refractivity contribution is 5.86. The van der Waals surface area contributed by atoms with Gasteiger partial charge in [-0.25, -0.2) is 4.79 Å². The van der Waals surface area contributed by atoms with Crippen molar-refractivity contribution in [1.82, 2.24) is 0 Å². The Hall–Kier alpha value is -1.00. The fraction of sp³-hybridized carbons (Fsp3) is 0.643. The van der Waals surface area contributed by atoms with Crippen LogP contribution < -0.4 is 12.4 Å². The van der Waals surface area contributed by atoms with E-state index in [0.717, 1.165) is 17.4 Å². The van der Waals surface area contributed by atoms with Crippen molar-refractivity contribution in [3.8, 4) is 0 Å². The Balaban J connectivity index is -0.000000366. The summed E-state index contributed by atoms with van der Waals surface area (Å²) in [7, 11) is 6.34. The standard InChI is InChI=1S/C10H20NO2.C4H8O.ClH/c1-9(2)10(12)13-8-6-7-11(3,4)5;1-3-4(2)5;/h1,6-8H2,2-5H3;5H,2-3H2,1H3;1H/q+1;;/p-1. The van der Waals surface area contributed by atoms with Crippen LogP contribution in [0.4, 0.5) is 0 Å². The van der Waals surface area contributed by atoms with Gasteiger partial charge in [0.05, 0.1) is 40.1 Å². The van der Waals surface area contributed by atoms with Crippen LogP contribution in [0.25, 0.3) is 0 Å². The molecule has 0 fully saturated rings. The molecule has 0 aliphatic rings. The molecule has 0 amide bonds. The van der Waals surface area contributed by atoms with E-state index in [9.17, 15) is 4.79 Å². The molecule has 5 heteroatoms. The molecule has 0 radical (unpaired) electrons. The Morgan fingerprint density at radius 1 is 1.26 bits per heavy atom. The molecule has 0 unspecified atom stereocenters. The van der Waals surface area contributed by atoms with Gasteiger partial charge in [0.2, 0.25) is 0 Å². The maximum absolute atomic E-state index is 10.9. The summed E-state index contributed by atoms with van der Waals surface area (Å²) in [5.74, 6) is -0.0357. The number of quaternary nitrogens is 1. The summed E-state index contributed by atoms with van der Waals surface area (Å²) in [6.45, 7) is 11.7. The Kier molecular flexibility index (Phi) is 14.7. The summed E-state index contributed by atoms with van der Waals surface area (Å²) in [6.07, 6.45) is 1.56. The Labute approximate surface area is 123 Å². The first-order valence-electron chi connectivity index (χ1n) is 6.10. The lowest BCUT2D eigenvalue weighted by molar-refractivity contribution is -0.870. The average molecular weight is 294 g/mol. The van der Waals surface area contributed by atoms with Gasteiger partial charge in [-0.05, 0) is 6.92 Å². The third-order valence-corrected chi connectivity index (χ3v) is 1.96. The van der Waals surface area contributed by atoms with E-state index in [-0.39, 0.29) is 24.1 Å². The second-order valence-corrected chi connectivity index (χ2v) is 5.20. The van der Waals surface area contributed by atoms with Gasteiger partial charge in [-0.1, -0.05) is 20.1 Å². The molecule has 4 nitrogen and oxygen atoms in total. The van der Waals surface area contributed by atoms with E-state index in [1.54, 1.807) is 6.92 Å². The molecule has 0 spiro atoms. The first-order valence-corrected chi connectivity index (χ1v) is 6.10. The molecular weight excluding hydrogens is 266 g/mol. The molecule has 0 bridgehead atoms. The van der Waals surface area contributed by atoms with Crippen LogP contribution in [-0.4, -0.2) is 49.9 Å². The molecule has 0 aliphatic carbocycles. The van der Waals surface area contributed by atoms with E-state index in [0.29, 0.717) is 18.6 Å². The van der Waals surface area contributed by atoms with E-state index in [4.69, 9.17) is 9.84 Å². The third-order valence-electron chi connectivity index (χ3n) is 1.96. The summed E-state index contributed by atoms with van der Waals surface area (Å²) in [5.41, 5.74) is 0.463. The SMILES string of the molecule is C=C(C)C(=O)OCCC[N+](C)(C)C.C=C(O)CC.[Cl-]. The van der Waals surface area contributed by atoms with Gasteiger partial charge in [-0.2, -0.15) is 0 Å². The zero-order chi connectivity index (χ0) is 14.8. The molecule has 0 heterocycles. The smallest absolute Gasteiger partial charge is 0.333 e. The van der Waals surface area contributed by atoms with E-state index in [1.807, 2.05) is 6.92 Å². The highest BCUT2D eigenvalue weighted by Crippen LogP contribution is 1.97. The number of allylic oxidation sites excluding steroid dienone is 1. The highest BCUT2D eigenvalue weighted by atomic mass is 35.5. The summed E-state index contributed by atoms with van der Waals surface area (Å²) in [4.78, 5) is 10.9. The van der Waals surface area contributed by atoms with E-state index in [1.165, 1.54) is 0 Å². The normalized spacial score (nSPS) is 9.53. The van der Waals surface area contributed by atoms with Gasteiger partial charge < -0.3 is 26.7 Å². The number of aliphatic hydroxyl groups excluding tert-OH is 1. The largest absolute Gasteiger partial charge is 1.00 e. The van der Waals surface area contributed by atoms with E-state index < -0.39 is 0 Å². The van der Waals surface area contributed by atoms with Crippen LogP contribution in [0.3, 0.4) is 0 Å². The summed E-state index contributed by atoms with van der Waals surface area (Å²) >= 11 is 0. The van der Waals surface area contributed by atoms with Crippen molar-refractivity contribution in [3.63, 3.8) is 0 Å². The summed E-state index contributed by atoms with van der Waals surface area (Å²) in [5, 5.41) is 8.17. The fourth-order valence-electron chi connectivity index (χ4n) is 0.827. The van der Waals surface area contributed by atoms with Crippen molar-refractivity contribution < 1.29 is 31.5 Å². The van der Waals surface area contributed by atoms with Gasteiger partial charge in [0, 0.05) is 18.4 Å². The van der Waals surface area contributed by atoms with Gasteiger partial charge >= 0.3 is 5.97 Å². The lowest BCUT2D eigenvalue weighted by atomic mass is 10.3. The monoisotopic (exact) mass is 293 g/mol. The molecule has 0 atom stereocenters. The zero-order valence-corrected chi connectivity index (χ0v) is 13.6. The minimum absolute atomic E-state index is 0. The van der Waals surface area contributed by atoms with E-state index in [2.05, 4.69) is 34.3 Å². The third kappa shape index (κ3) is 22.6. The van der Waals surface area contributed by atoms with Gasteiger partial charge in [-0.15, -0.1) is 0 Å². The molecule has 114 valence electrons. The molecular formula is C14H28ClNO3. The van der Waals surface area contributed by atoms with Crippen LogP contribution in [0, 0.1) is 0 Å². The minimum atomic E-state index is -0.290. The summed E-state index contributed by atoms with van der Waals surface area (Å²) in [6, 6.07) is 0. The topological polar surface area (TPSA) is 46.5 Å². The maximum atomic E-state index is 10.9. The maximum Gasteiger partial charge on any atom is 0.333 e. The quantitative estimate of drug-likeness (QED) is 0.240. The molecule has 0 aromatic rings. The molecule has 0 aromatic heterocycles. The van der Waals surface area contributed by atoms with Crippen LogP contribution in [0.5, 0.6) is 0 Å². The number of esters is 1. The second kappa shape index (κ2) is 12.1. The number of ether oxygens (including phenoxy) is 1. The Morgan fingerprint density at radius 2 is 1.68 bits per heavy atom. The first-order chi connectivity index (χ1) is 8.10. The Bertz CT molecular complexity index is 283. The molecule has 19 heavy (non-hydrogen) atoms. The van der Waals surface area contributed by atoms with Crippen LogP contribution in [0.15, 0.2) is 24.5 Å². The number of halogens is 1. The van der Waals surface area contributed by atoms with Gasteiger partial charge in [0.1, 0.15) is 0 Å². The number of nitrogens with zero attached hydrogens (tertiary/aromatic N) is 1. The minimum Gasteiger partial charge on any atom is -1.00 e. The molecule has 0 saturated carbocycles. The number of aliphatic hydroxyl groups is 1. The predicted octanol–water partition coefficient (Wildman–Crippen LogP) is -0.326. The van der Waals surface area contributed by atoms with Gasteiger partial charge in [-0.3, -0.25) is 0 Å². The number of carbonyl (C=O) groups is 1. The zero-order valence-electron chi connectivity index (χ0n) is 12.8. The number of hydrogen-bond acceptors (Lipinski definition) is 3. The first kappa shape index (κ1) is 23.1. The van der Waals surface area contributed by atoms with Gasteiger partial charge in [0.25, 0.3) is 0 Å². The highest BCUT2D eigenvalue weighted by Gasteiger charge is 2.07. The van der Waals surface area contributed by atoms with Crippen molar-refractivity contribution in [1.29, 1.82) is 0 Å². The average Bonchev–Trinajstić information content (AvgIpc) is 2.23. The number of carbonyl (C=O) groups excluding carboxylic acids is 1. The Morgan fingerprint density at radius 3 is 1.95 bits per heavy atom. The van der Waals surface area contributed by atoms with Crippen LogP contribution in [0.1, 0.15) is 26.7 Å². The number of rotatable bonds is 6. The van der Waals surface area contributed by atoms with Crippen molar-refractivity contribution in [3.05, 3.63) is 24.5 Å². The second-order valence-electron chi connectivity index (χ2n) is 5.20. The van der Waals surface area contributed by atoms with Crippen LogP contribution in [-0.2, 0) is 9.53 Å². The molecule has 0 saturated heterocycles. The fourth-order valence-corrected chi connectivity index (χ4v) is 0.827. The summed E-state index contributed by atoms with van der Waals surface area (Å²) < 4.78 is 5.84.